The van der Waals surface area contributed by atoms with E-state index in [-0.39, 0.29) is 11.8 Å². The van der Waals surface area contributed by atoms with Crippen molar-refractivity contribution in [2.75, 3.05) is 0 Å². The lowest BCUT2D eigenvalue weighted by Crippen LogP contribution is -2.23. The van der Waals surface area contributed by atoms with Crippen LogP contribution in [0.3, 0.4) is 0 Å². The van der Waals surface area contributed by atoms with Crippen molar-refractivity contribution in [2.45, 2.75) is 26.7 Å². The molecule has 3 nitrogen and oxygen atoms in total. The highest BCUT2D eigenvalue weighted by Crippen LogP contribution is 2.24. The number of nitrogens with zero attached hydrogens (tertiary/aromatic N) is 1. The van der Waals surface area contributed by atoms with E-state index in [0.717, 1.165) is 0 Å². The van der Waals surface area contributed by atoms with Crippen LogP contribution in [-0.2, 0) is 9.63 Å². The molecular weight excluding hydrogens is 166 g/mol. The highest BCUT2D eigenvalue weighted by atomic mass is 16.7. The van der Waals surface area contributed by atoms with Gasteiger partial charge in [0.1, 0.15) is 5.76 Å². The van der Waals surface area contributed by atoms with Crippen LogP contribution in [0, 0.1) is 5.92 Å². The van der Waals surface area contributed by atoms with E-state index in [0.29, 0.717) is 24.3 Å². The van der Waals surface area contributed by atoms with Gasteiger partial charge in [0, 0.05) is 12.3 Å². The van der Waals surface area contributed by atoms with Crippen molar-refractivity contribution < 1.29 is 9.63 Å². The summed E-state index contributed by atoms with van der Waals surface area (Å²) < 4.78 is 0. The molecule has 1 fully saturated rings. The molecule has 1 saturated heterocycles. The topological polar surface area (TPSA) is 29.5 Å². The first-order valence-electron chi connectivity index (χ1n) is 4.40. The van der Waals surface area contributed by atoms with Crippen molar-refractivity contribution in [2.24, 2.45) is 5.92 Å². The minimum absolute atomic E-state index is 0.0354. The predicted molar refractivity (Wildman–Crippen MR) is 50.3 cm³/mol. The number of amides is 1. The summed E-state index contributed by atoms with van der Waals surface area (Å²) in [5, 5.41) is 1.25. The van der Waals surface area contributed by atoms with Gasteiger partial charge in [-0.1, -0.05) is 27.0 Å². The van der Waals surface area contributed by atoms with Crippen molar-refractivity contribution >= 4 is 5.91 Å². The van der Waals surface area contributed by atoms with Crippen molar-refractivity contribution in [1.29, 1.82) is 0 Å². The lowest BCUT2D eigenvalue weighted by molar-refractivity contribution is -0.158. The molecule has 0 aromatic heterocycles. The number of hydrogen-bond acceptors (Lipinski definition) is 2. The third-order valence-corrected chi connectivity index (χ3v) is 1.99. The van der Waals surface area contributed by atoms with Crippen LogP contribution in [-0.4, -0.2) is 11.0 Å². The quantitative estimate of drug-likeness (QED) is 0.625. The maximum absolute atomic E-state index is 11.2. The molecule has 1 rings (SSSR count). The molecule has 0 atom stereocenters. The molecule has 0 aliphatic carbocycles. The van der Waals surface area contributed by atoms with E-state index in [2.05, 4.69) is 13.2 Å². The van der Waals surface area contributed by atoms with Gasteiger partial charge in [-0.3, -0.25) is 4.79 Å². The van der Waals surface area contributed by atoms with Gasteiger partial charge in [-0.05, 0) is 6.42 Å². The minimum Gasteiger partial charge on any atom is -0.377 e. The largest absolute Gasteiger partial charge is 0.377 e. The molecule has 1 aliphatic rings. The first-order valence-corrected chi connectivity index (χ1v) is 4.40. The molecule has 0 aromatic carbocycles. The molecule has 0 spiro atoms. The number of allylic oxidation sites excluding steroid dienone is 2. The van der Waals surface area contributed by atoms with Crippen molar-refractivity contribution in [3.63, 3.8) is 0 Å². The standard InChI is InChI=1S/C10H15NO2/c1-7(2)9(4)13-11-8(3)5-6-10(11)12/h7H,3-6H2,1-2H3. The average Bonchev–Trinajstić information content (AvgIpc) is 2.35. The van der Waals surface area contributed by atoms with Crippen molar-refractivity contribution in [1.82, 2.24) is 5.06 Å². The van der Waals surface area contributed by atoms with Crippen LogP contribution in [0.1, 0.15) is 26.7 Å². The molecule has 0 saturated carbocycles. The molecule has 1 heterocycles. The fourth-order valence-electron chi connectivity index (χ4n) is 0.969. The van der Waals surface area contributed by atoms with Gasteiger partial charge >= 0.3 is 0 Å². The van der Waals surface area contributed by atoms with Crippen LogP contribution in [0.5, 0.6) is 0 Å². The molecule has 0 bridgehead atoms. The smallest absolute Gasteiger partial charge is 0.260 e. The predicted octanol–water partition coefficient (Wildman–Crippen LogP) is 2.22. The van der Waals surface area contributed by atoms with Gasteiger partial charge in [-0.25, -0.2) is 0 Å². The molecule has 1 amide bonds. The Morgan fingerprint density at radius 3 is 2.54 bits per heavy atom. The molecule has 0 unspecified atom stereocenters. The monoisotopic (exact) mass is 181 g/mol. The summed E-state index contributed by atoms with van der Waals surface area (Å²) in [5.41, 5.74) is 0.715. The zero-order chi connectivity index (χ0) is 10.0. The van der Waals surface area contributed by atoms with Crippen LogP contribution in [0.2, 0.25) is 0 Å². The van der Waals surface area contributed by atoms with Crippen LogP contribution >= 0.6 is 0 Å². The summed E-state index contributed by atoms with van der Waals surface area (Å²) in [6.07, 6.45) is 1.18. The van der Waals surface area contributed by atoms with Crippen molar-refractivity contribution in [3.8, 4) is 0 Å². The summed E-state index contributed by atoms with van der Waals surface area (Å²) in [4.78, 5) is 16.5. The third-order valence-electron chi connectivity index (χ3n) is 1.99. The van der Waals surface area contributed by atoms with Gasteiger partial charge in [-0.2, -0.15) is 0 Å². The molecule has 0 radical (unpaired) electrons. The van der Waals surface area contributed by atoms with Crippen LogP contribution in [0.4, 0.5) is 0 Å². The second-order valence-electron chi connectivity index (χ2n) is 3.47. The Balaban J connectivity index is 2.58. The lowest BCUT2D eigenvalue weighted by Gasteiger charge is -2.20. The maximum atomic E-state index is 11.2. The van der Waals surface area contributed by atoms with E-state index >= 15 is 0 Å². The summed E-state index contributed by atoms with van der Waals surface area (Å²) in [6.45, 7) is 11.4. The molecule has 3 heteroatoms. The highest BCUT2D eigenvalue weighted by Gasteiger charge is 2.26. The number of hydroxylamine groups is 2. The first kappa shape index (κ1) is 9.84. The molecule has 1 aliphatic heterocycles. The second kappa shape index (κ2) is 3.64. The number of carbonyl (C=O) groups excluding carboxylic acids is 1. The van der Waals surface area contributed by atoms with Gasteiger partial charge in [0.05, 0.1) is 5.70 Å². The molecule has 72 valence electrons. The van der Waals surface area contributed by atoms with Gasteiger partial charge in [0.25, 0.3) is 5.91 Å². The lowest BCUT2D eigenvalue weighted by atomic mass is 10.2. The summed E-state index contributed by atoms with van der Waals surface area (Å²) in [7, 11) is 0. The Bertz CT molecular complexity index is 240. The van der Waals surface area contributed by atoms with E-state index < -0.39 is 0 Å². The van der Waals surface area contributed by atoms with Gasteiger partial charge in [0.2, 0.25) is 0 Å². The zero-order valence-electron chi connectivity index (χ0n) is 8.17. The van der Waals surface area contributed by atoms with Crippen LogP contribution < -0.4 is 0 Å². The Hall–Kier alpha value is -1.25. The molecule has 0 N–H and O–H groups in total. The number of rotatable bonds is 3. The van der Waals surface area contributed by atoms with E-state index in [1.807, 2.05) is 13.8 Å². The Labute approximate surface area is 78.6 Å². The van der Waals surface area contributed by atoms with Gasteiger partial charge < -0.3 is 4.84 Å². The minimum atomic E-state index is -0.0354. The fourth-order valence-corrected chi connectivity index (χ4v) is 0.969. The van der Waals surface area contributed by atoms with Gasteiger partial charge in [-0.15, -0.1) is 5.06 Å². The molecule has 0 aromatic rings. The number of carbonyl (C=O) groups is 1. The van der Waals surface area contributed by atoms with E-state index in [4.69, 9.17) is 4.84 Å². The normalized spacial score (nSPS) is 17.0. The first-order chi connectivity index (χ1) is 6.02. The van der Waals surface area contributed by atoms with E-state index in [1.54, 1.807) is 0 Å². The van der Waals surface area contributed by atoms with Crippen LogP contribution in [0.25, 0.3) is 0 Å². The van der Waals surface area contributed by atoms with E-state index in [1.165, 1.54) is 5.06 Å². The van der Waals surface area contributed by atoms with Gasteiger partial charge in [0.15, 0.2) is 0 Å². The second-order valence-corrected chi connectivity index (χ2v) is 3.47. The number of hydrogen-bond donors (Lipinski definition) is 0. The molecule has 13 heavy (non-hydrogen) atoms. The van der Waals surface area contributed by atoms with Crippen LogP contribution in [0.15, 0.2) is 24.6 Å². The SMILES string of the molecule is C=C(ON1C(=C)CCC1=O)C(C)C. The zero-order valence-corrected chi connectivity index (χ0v) is 8.17. The summed E-state index contributed by atoms with van der Waals surface area (Å²) in [6, 6.07) is 0. The van der Waals surface area contributed by atoms with Crippen molar-refractivity contribution in [3.05, 3.63) is 24.6 Å². The summed E-state index contributed by atoms with van der Waals surface area (Å²) in [5.74, 6) is 0.768. The molecular formula is C10H15NO2. The highest BCUT2D eigenvalue weighted by molar-refractivity contribution is 5.79. The third kappa shape index (κ3) is 2.11. The van der Waals surface area contributed by atoms with E-state index in [9.17, 15) is 4.79 Å². The Kier molecular flexibility index (Phi) is 2.76. The summed E-state index contributed by atoms with van der Waals surface area (Å²) >= 11 is 0. The fraction of sp³-hybridized carbons (Fsp3) is 0.500. The Morgan fingerprint density at radius 2 is 2.15 bits per heavy atom. The Morgan fingerprint density at radius 1 is 1.54 bits per heavy atom. The average molecular weight is 181 g/mol. The maximum Gasteiger partial charge on any atom is 0.260 e.